The summed E-state index contributed by atoms with van der Waals surface area (Å²) in [5, 5.41) is 56.2. The number of aliphatic hydroxyl groups excluding tert-OH is 6. The SMILES string of the molecule is C1CO1.CC(CO)C(CO)(CO)OC(CO)(CO)C(C)CO. The minimum Gasteiger partial charge on any atom is -0.396 e. The van der Waals surface area contributed by atoms with Crippen LogP contribution in [0.15, 0.2) is 0 Å². The quantitative estimate of drug-likeness (QED) is 0.247. The highest BCUT2D eigenvalue weighted by atomic mass is 16.6. The van der Waals surface area contributed by atoms with Crippen molar-refractivity contribution >= 4 is 0 Å². The number of rotatable bonds is 10. The van der Waals surface area contributed by atoms with Gasteiger partial charge in [0.25, 0.3) is 0 Å². The van der Waals surface area contributed by atoms with E-state index in [2.05, 4.69) is 4.74 Å². The highest BCUT2D eigenvalue weighted by molar-refractivity contribution is 4.94. The van der Waals surface area contributed by atoms with E-state index in [0.717, 1.165) is 13.2 Å². The van der Waals surface area contributed by atoms with E-state index < -0.39 is 49.5 Å². The monoisotopic (exact) mass is 326 g/mol. The fourth-order valence-corrected chi connectivity index (χ4v) is 1.79. The Morgan fingerprint density at radius 3 is 1.18 bits per heavy atom. The van der Waals surface area contributed by atoms with Crippen LogP contribution >= 0.6 is 0 Å². The number of epoxide rings is 1. The Morgan fingerprint density at radius 2 is 1.05 bits per heavy atom. The van der Waals surface area contributed by atoms with E-state index in [9.17, 15) is 30.6 Å². The molecule has 0 bridgehead atoms. The summed E-state index contributed by atoms with van der Waals surface area (Å²) < 4.78 is 10.1. The second-order valence-electron chi connectivity index (χ2n) is 5.64. The number of aliphatic hydroxyl groups is 6. The fourth-order valence-electron chi connectivity index (χ4n) is 1.79. The molecule has 0 aliphatic carbocycles. The summed E-state index contributed by atoms with van der Waals surface area (Å²) in [6.45, 7) is 2.07. The van der Waals surface area contributed by atoms with Crippen LogP contribution in [0.2, 0.25) is 0 Å². The molecule has 0 spiro atoms. The highest BCUT2D eigenvalue weighted by Crippen LogP contribution is 2.32. The maximum Gasteiger partial charge on any atom is 0.120 e. The van der Waals surface area contributed by atoms with Crippen molar-refractivity contribution in [2.45, 2.75) is 25.0 Å². The molecule has 0 amide bonds. The Bertz CT molecular complexity index is 249. The van der Waals surface area contributed by atoms with Crippen molar-refractivity contribution in [3.63, 3.8) is 0 Å². The van der Waals surface area contributed by atoms with Gasteiger partial charge in [0.1, 0.15) is 11.2 Å². The molecule has 134 valence electrons. The predicted molar refractivity (Wildman–Crippen MR) is 78.2 cm³/mol. The average Bonchev–Trinajstić information content (AvgIpc) is 3.44. The zero-order valence-electron chi connectivity index (χ0n) is 13.3. The Kier molecular flexibility index (Phi) is 10.3. The van der Waals surface area contributed by atoms with Gasteiger partial charge in [0, 0.05) is 25.0 Å². The predicted octanol–water partition coefficient (Wildman–Crippen LogP) is -2.28. The lowest BCUT2D eigenvalue weighted by atomic mass is 9.85. The van der Waals surface area contributed by atoms with Crippen LogP contribution in [0.1, 0.15) is 13.8 Å². The molecule has 1 fully saturated rings. The van der Waals surface area contributed by atoms with Crippen LogP contribution in [0.3, 0.4) is 0 Å². The van der Waals surface area contributed by atoms with Gasteiger partial charge in [0.15, 0.2) is 0 Å². The smallest absolute Gasteiger partial charge is 0.120 e. The average molecular weight is 326 g/mol. The first-order valence-corrected chi connectivity index (χ1v) is 7.35. The Balaban J connectivity index is 0.00000129. The van der Waals surface area contributed by atoms with Gasteiger partial charge in [-0.25, -0.2) is 0 Å². The molecule has 1 aliphatic heterocycles. The summed E-state index contributed by atoms with van der Waals surface area (Å²) in [5.41, 5.74) is -3.02. The third-order valence-corrected chi connectivity index (χ3v) is 4.03. The van der Waals surface area contributed by atoms with Crippen LogP contribution in [0.5, 0.6) is 0 Å². The number of hydrogen-bond donors (Lipinski definition) is 6. The topological polar surface area (TPSA) is 143 Å². The van der Waals surface area contributed by atoms with Crippen molar-refractivity contribution < 1.29 is 40.1 Å². The Morgan fingerprint density at radius 1 is 0.773 bits per heavy atom. The summed E-state index contributed by atoms with van der Waals surface area (Å²) in [4.78, 5) is 0. The fraction of sp³-hybridized carbons (Fsp3) is 1.00. The van der Waals surface area contributed by atoms with E-state index in [1.807, 2.05) is 0 Å². The van der Waals surface area contributed by atoms with Gasteiger partial charge in [0.2, 0.25) is 0 Å². The molecule has 0 aromatic heterocycles. The van der Waals surface area contributed by atoms with Gasteiger partial charge in [-0.05, 0) is 0 Å². The molecule has 8 heteroatoms. The molecule has 2 atom stereocenters. The van der Waals surface area contributed by atoms with Gasteiger partial charge in [-0.3, -0.25) is 0 Å². The van der Waals surface area contributed by atoms with Gasteiger partial charge in [0.05, 0.1) is 39.6 Å². The molecule has 0 saturated carbocycles. The molecule has 2 unspecified atom stereocenters. The van der Waals surface area contributed by atoms with E-state index in [1.165, 1.54) is 0 Å². The number of hydrogen-bond acceptors (Lipinski definition) is 8. The molecule has 8 nitrogen and oxygen atoms in total. The van der Waals surface area contributed by atoms with Crippen molar-refractivity contribution in [1.29, 1.82) is 0 Å². The minimum absolute atomic E-state index is 0.346. The summed E-state index contributed by atoms with van der Waals surface area (Å²) in [6.07, 6.45) is 0. The molecule has 1 aliphatic rings. The van der Waals surface area contributed by atoms with Crippen molar-refractivity contribution in [3.8, 4) is 0 Å². The molecule has 1 rings (SSSR count). The van der Waals surface area contributed by atoms with Crippen LogP contribution in [0.4, 0.5) is 0 Å². The minimum atomic E-state index is -1.51. The van der Waals surface area contributed by atoms with Gasteiger partial charge in [-0.2, -0.15) is 0 Å². The van der Waals surface area contributed by atoms with Crippen LogP contribution < -0.4 is 0 Å². The Hall–Kier alpha value is -0.320. The lowest BCUT2D eigenvalue weighted by Gasteiger charge is -2.45. The zero-order chi connectivity index (χ0) is 17.2. The molecule has 6 N–H and O–H groups in total. The first-order chi connectivity index (χ1) is 10.4. The van der Waals surface area contributed by atoms with Crippen molar-refractivity contribution in [3.05, 3.63) is 0 Å². The van der Waals surface area contributed by atoms with Crippen molar-refractivity contribution in [2.75, 3.05) is 52.9 Å². The molecular formula is C14H30O8. The highest BCUT2D eigenvalue weighted by Gasteiger charge is 2.47. The van der Waals surface area contributed by atoms with E-state index in [4.69, 9.17) is 4.74 Å². The van der Waals surface area contributed by atoms with Crippen molar-refractivity contribution in [1.82, 2.24) is 0 Å². The normalized spacial score (nSPS) is 17.5. The molecular weight excluding hydrogens is 296 g/mol. The molecule has 0 aromatic carbocycles. The maximum absolute atomic E-state index is 9.47. The van der Waals surface area contributed by atoms with Gasteiger partial charge in [-0.1, -0.05) is 13.8 Å². The summed E-state index contributed by atoms with van der Waals surface area (Å²) in [5.74, 6) is -1.24. The molecule has 1 saturated heterocycles. The first kappa shape index (κ1) is 21.7. The van der Waals surface area contributed by atoms with E-state index in [1.54, 1.807) is 13.8 Å². The lowest BCUT2D eigenvalue weighted by Crippen LogP contribution is -2.60. The molecule has 22 heavy (non-hydrogen) atoms. The van der Waals surface area contributed by atoms with E-state index in [0.29, 0.717) is 0 Å². The summed E-state index contributed by atoms with van der Waals surface area (Å²) in [6, 6.07) is 0. The van der Waals surface area contributed by atoms with Crippen LogP contribution in [-0.2, 0) is 9.47 Å². The standard InChI is InChI=1S/C12H26O7.C2H4O/c1-9(3-13)11(5-15,6-16)19-12(7-17,8-18)10(2)4-14;1-2-3-1/h9-10,13-18H,3-8H2,1-2H3;1-2H2. The molecule has 0 radical (unpaired) electrons. The lowest BCUT2D eigenvalue weighted by molar-refractivity contribution is -0.257. The van der Waals surface area contributed by atoms with E-state index >= 15 is 0 Å². The van der Waals surface area contributed by atoms with Gasteiger partial charge >= 0.3 is 0 Å². The largest absolute Gasteiger partial charge is 0.396 e. The second kappa shape index (κ2) is 10.5. The second-order valence-corrected chi connectivity index (χ2v) is 5.64. The van der Waals surface area contributed by atoms with Crippen molar-refractivity contribution in [2.24, 2.45) is 11.8 Å². The molecule has 0 aromatic rings. The first-order valence-electron chi connectivity index (χ1n) is 7.35. The molecule has 1 heterocycles. The van der Waals surface area contributed by atoms with Gasteiger partial charge in [-0.15, -0.1) is 0 Å². The number of ether oxygens (including phenoxy) is 2. The van der Waals surface area contributed by atoms with Crippen LogP contribution in [0, 0.1) is 11.8 Å². The third-order valence-electron chi connectivity index (χ3n) is 4.03. The van der Waals surface area contributed by atoms with Crippen LogP contribution in [-0.4, -0.2) is 94.7 Å². The van der Waals surface area contributed by atoms with Crippen LogP contribution in [0.25, 0.3) is 0 Å². The van der Waals surface area contributed by atoms with Gasteiger partial charge < -0.3 is 40.1 Å². The Labute approximate surface area is 130 Å². The summed E-state index contributed by atoms with van der Waals surface area (Å²) >= 11 is 0. The third kappa shape index (κ3) is 5.71. The maximum atomic E-state index is 9.47. The van der Waals surface area contributed by atoms with E-state index in [-0.39, 0.29) is 13.2 Å². The summed E-state index contributed by atoms with van der Waals surface area (Å²) in [7, 11) is 0. The zero-order valence-corrected chi connectivity index (χ0v) is 13.3.